The summed E-state index contributed by atoms with van der Waals surface area (Å²) in [6.07, 6.45) is 0.910. The van der Waals surface area contributed by atoms with E-state index in [0.717, 1.165) is 12.1 Å². The fraction of sp³-hybridized carbons (Fsp3) is 0.438. The summed E-state index contributed by atoms with van der Waals surface area (Å²) in [6.45, 7) is 9.34. The maximum Gasteiger partial charge on any atom is 0.0960 e. The van der Waals surface area contributed by atoms with Crippen LogP contribution in [0.4, 0.5) is 0 Å². The number of nitrogens with two attached hydrogens (primary N) is 1. The lowest BCUT2D eigenvalue weighted by Crippen LogP contribution is -2.02. The van der Waals surface area contributed by atoms with Gasteiger partial charge in [0, 0.05) is 16.4 Å². The van der Waals surface area contributed by atoms with E-state index in [1.165, 1.54) is 26.6 Å². The molecule has 0 bridgehead atoms. The number of benzene rings is 1. The van der Waals surface area contributed by atoms with Gasteiger partial charge in [0.1, 0.15) is 0 Å². The molecule has 2 nitrogen and oxygen atoms in total. The molecule has 1 aromatic heterocycles. The first-order valence-corrected chi connectivity index (χ1v) is 7.62. The van der Waals surface area contributed by atoms with Crippen LogP contribution in [0.2, 0.25) is 0 Å². The summed E-state index contributed by atoms with van der Waals surface area (Å²) in [5, 5.41) is 1.21. The van der Waals surface area contributed by atoms with Crippen LogP contribution in [0, 0.1) is 13.8 Å². The maximum atomic E-state index is 5.73. The van der Waals surface area contributed by atoms with Crippen molar-refractivity contribution in [2.75, 3.05) is 6.54 Å². The second-order valence-corrected chi connectivity index (χ2v) is 6.45. The summed E-state index contributed by atoms with van der Waals surface area (Å²) in [5.74, 6) is 0.473. The molecule has 1 heterocycles. The molecule has 19 heavy (non-hydrogen) atoms. The van der Waals surface area contributed by atoms with E-state index in [-0.39, 0.29) is 0 Å². The van der Waals surface area contributed by atoms with Crippen LogP contribution >= 0.6 is 11.3 Å². The van der Waals surface area contributed by atoms with Crippen molar-refractivity contribution in [1.29, 1.82) is 0 Å². The maximum absolute atomic E-state index is 5.73. The SMILES string of the molecule is Cc1ccc(-c2nc(C(C)C)sc2CCN)c(C)c1. The van der Waals surface area contributed by atoms with Crippen molar-refractivity contribution >= 4 is 11.3 Å². The molecule has 2 N–H and O–H groups in total. The Hall–Kier alpha value is -1.19. The summed E-state index contributed by atoms with van der Waals surface area (Å²) in [4.78, 5) is 6.17. The van der Waals surface area contributed by atoms with E-state index in [9.17, 15) is 0 Å². The van der Waals surface area contributed by atoms with Crippen LogP contribution in [0.25, 0.3) is 11.3 Å². The minimum absolute atomic E-state index is 0.473. The minimum atomic E-state index is 0.473. The zero-order chi connectivity index (χ0) is 14.0. The summed E-state index contributed by atoms with van der Waals surface area (Å²) in [5.41, 5.74) is 10.7. The van der Waals surface area contributed by atoms with E-state index < -0.39 is 0 Å². The van der Waals surface area contributed by atoms with Gasteiger partial charge in [0.05, 0.1) is 10.7 Å². The second-order valence-electron chi connectivity index (χ2n) is 5.34. The van der Waals surface area contributed by atoms with Gasteiger partial charge in [-0.05, 0) is 32.4 Å². The fourth-order valence-corrected chi connectivity index (χ4v) is 3.30. The summed E-state index contributed by atoms with van der Waals surface area (Å²) in [6, 6.07) is 6.56. The van der Waals surface area contributed by atoms with Crippen LogP contribution in [-0.2, 0) is 6.42 Å². The molecule has 0 fully saturated rings. The van der Waals surface area contributed by atoms with E-state index in [0.29, 0.717) is 12.5 Å². The van der Waals surface area contributed by atoms with Gasteiger partial charge in [0.15, 0.2) is 0 Å². The number of nitrogens with zero attached hydrogens (tertiary/aromatic N) is 1. The third kappa shape index (κ3) is 3.04. The highest BCUT2D eigenvalue weighted by Crippen LogP contribution is 2.33. The Morgan fingerprint density at radius 2 is 2.00 bits per heavy atom. The first kappa shape index (κ1) is 14.2. The van der Waals surface area contributed by atoms with Gasteiger partial charge < -0.3 is 5.73 Å². The lowest BCUT2D eigenvalue weighted by molar-refractivity contribution is 0.853. The van der Waals surface area contributed by atoms with Crippen molar-refractivity contribution in [3.63, 3.8) is 0 Å². The van der Waals surface area contributed by atoms with Crippen molar-refractivity contribution < 1.29 is 0 Å². The highest BCUT2D eigenvalue weighted by atomic mass is 32.1. The normalized spacial score (nSPS) is 11.3. The van der Waals surface area contributed by atoms with Crippen LogP contribution in [0.5, 0.6) is 0 Å². The molecule has 1 aromatic carbocycles. The molecule has 0 unspecified atom stereocenters. The summed E-state index contributed by atoms with van der Waals surface area (Å²) >= 11 is 1.81. The Labute approximate surface area is 119 Å². The zero-order valence-corrected chi connectivity index (χ0v) is 13.0. The van der Waals surface area contributed by atoms with Gasteiger partial charge in [-0.2, -0.15) is 0 Å². The van der Waals surface area contributed by atoms with Crippen molar-refractivity contribution in [1.82, 2.24) is 4.98 Å². The van der Waals surface area contributed by atoms with Gasteiger partial charge in [0.25, 0.3) is 0 Å². The van der Waals surface area contributed by atoms with Gasteiger partial charge in [-0.3, -0.25) is 0 Å². The van der Waals surface area contributed by atoms with E-state index in [1.54, 1.807) is 0 Å². The topological polar surface area (TPSA) is 38.9 Å². The molecule has 0 spiro atoms. The highest BCUT2D eigenvalue weighted by molar-refractivity contribution is 7.12. The first-order chi connectivity index (χ1) is 9.02. The third-order valence-corrected chi connectivity index (χ3v) is 4.63. The molecule has 0 radical (unpaired) electrons. The number of rotatable bonds is 4. The molecule has 0 atom stereocenters. The van der Waals surface area contributed by atoms with Crippen molar-refractivity contribution in [3.05, 3.63) is 39.2 Å². The lowest BCUT2D eigenvalue weighted by Gasteiger charge is -2.06. The molecule has 3 heteroatoms. The predicted molar refractivity (Wildman–Crippen MR) is 83.9 cm³/mol. The van der Waals surface area contributed by atoms with Crippen LogP contribution < -0.4 is 5.73 Å². The van der Waals surface area contributed by atoms with Crippen molar-refractivity contribution in [2.24, 2.45) is 5.73 Å². The Balaban J connectivity index is 2.53. The fourth-order valence-electron chi connectivity index (χ4n) is 2.21. The predicted octanol–water partition coefficient (Wildman–Crippen LogP) is 4.05. The van der Waals surface area contributed by atoms with Crippen LogP contribution in [0.3, 0.4) is 0 Å². The average molecular weight is 274 g/mol. The number of thiazole rings is 1. The number of aryl methyl sites for hydroxylation is 2. The van der Waals surface area contributed by atoms with Gasteiger partial charge in [0.2, 0.25) is 0 Å². The van der Waals surface area contributed by atoms with E-state index >= 15 is 0 Å². The Bertz CT molecular complexity index is 570. The number of aromatic nitrogens is 1. The molecular weight excluding hydrogens is 252 g/mol. The molecule has 0 aliphatic rings. The first-order valence-electron chi connectivity index (χ1n) is 6.80. The molecule has 0 aliphatic heterocycles. The van der Waals surface area contributed by atoms with Crippen molar-refractivity contribution in [2.45, 2.75) is 40.0 Å². The summed E-state index contributed by atoms with van der Waals surface area (Å²) < 4.78 is 0. The largest absolute Gasteiger partial charge is 0.330 e. The number of hydrogen-bond acceptors (Lipinski definition) is 3. The monoisotopic (exact) mass is 274 g/mol. The molecular formula is C16H22N2S. The van der Waals surface area contributed by atoms with Crippen LogP contribution in [0.1, 0.15) is 40.8 Å². The molecule has 0 aliphatic carbocycles. The average Bonchev–Trinajstić information content (AvgIpc) is 2.74. The summed E-state index contributed by atoms with van der Waals surface area (Å²) in [7, 11) is 0. The Kier molecular flexibility index (Phi) is 4.38. The quantitative estimate of drug-likeness (QED) is 0.913. The Morgan fingerprint density at radius 1 is 1.26 bits per heavy atom. The molecule has 0 saturated heterocycles. The van der Waals surface area contributed by atoms with Crippen LogP contribution in [-0.4, -0.2) is 11.5 Å². The Morgan fingerprint density at radius 3 is 2.58 bits per heavy atom. The van der Waals surface area contributed by atoms with Gasteiger partial charge >= 0.3 is 0 Å². The molecule has 0 amide bonds. The minimum Gasteiger partial charge on any atom is -0.330 e. The van der Waals surface area contributed by atoms with Crippen LogP contribution in [0.15, 0.2) is 18.2 Å². The highest BCUT2D eigenvalue weighted by Gasteiger charge is 2.15. The van der Waals surface area contributed by atoms with E-state index in [1.807, 2.05) is 11.3 Å². The standard InChI is InChI=1S/C16H22N2S/c1-10(2)16-18-15(14(19-16)7-8-17)13-6-5-11(3)9-12(13)4/h5-6,9-10H,7-8,17H2,1-4H3. The van der Waals surface area contributed by atoms with Crippen molar-refractivity contribution in [3.8, 4) is 11.3 Å². The van der Waals surface area contributed by atoms with Gasteiger partial charge in [-0.1, -0.05) is 37.6 Å². The van der Waals surface area contributed by atoms with Gasteiger partial charge in [-0.25, -0.2) is 4.98 Å². The molecule has 0 saturated carbocycles. The smallest absolute Gasteiger partial charge is 0.0960 e. The molecule has 2 aromatic rings. The van der Waals surface area contributed by atoms with E-state index in [4.69, 9.17) is 10.7 Å². The van der Waals surface area contributed by atoms with E-state index in [2.05, 4.69) is 45.9 Å². The van der Waals surface area contributed by atoms with Gasteiger partial charge in [-0.15, -0.1) is 11.3 Å². The molecule has 2 rings (SSSR count). The lowest BCUT2D eigenvalue weighted by atomic mass is 10.0. The number of hydrogen-bond donors (Lipinski definition) is 1. The zero-order valence-electron chi connectivity index (χ0n) is 12.2. The second kappa shape index (κ2) is 5.85. The molecule has 102 valence electrons. The third-order valence-electron chi connectivity index (χ3n) is 3.22.